The maximum atomic E-state index is 11.7. The van der Waals surface area contributed by atoms with E-state index in [2.05, 4.69) is 0 Å². The topological polar surface area (TPSA) is 65.0 Å². The van der Waals surface area contributed by atoms with Crippen LogP contribution in [0, 0.1) is 5.41 Å². The molecule has 0 aliphatic carbocycles. The predicted octanol–water partition coefficient (Wildman–Crippen LogP) is 3.61. The van der Waals surface area contributed by atoms with Gasteiger partial charge in [0.15, 0.2) is 6.29 Å². The average Bonchev–Trinajstić information content (AvgIpc) is 2.60. The highest BCUT2D eigenvalue weighted by molar-refractivity contribution is 5.75. The Morgan fingerprint density at radius 3 is 2.68 bits per heavy atom. The van der Waals surface area contributed by atoms with Gasteiger partial charge in [-0.1, -0.05) is 30.3 Å². The molecule has 0 radical (unpaired) electrons. The van der Waals surface area contributed by atoms with Crippen LogP contribution in [-0.2, 0) is 19.0 Å². The van der Waals surface area contributed by atoms with Crippen LogP contribution in [0.15, 0.2) is 30.3 Å². The zero-order valence-corrected chi connectivity index (χ0v) is 15.4. The van der Waals surface area contributed by atoms with E-state index in [9.17, 15) is 9.90 Å². The third-order valence-corrected chi connectivity index (χ3v) is 4.22. The summed E-state index contributed by atoms with van der Waals surface area (Å²) in [6.07, 6.45) is 1.92. The predicted molar refractivity (Wildman–Crippen MR) is 94.9 cm³/mol. The summed E-state index contributed by atoms with van der Waals surface area (Å²) in [6.45, 7) is 6.36. The van der Waals surface area contributed by atoms with Gasteiger partial charge in [-0.25, -0.2) is 0 Å². The van der Waals surface area contributed by atoms with Crippen molar-refractivity contribution in [3.63, 3.8) is 0 Å². The number of hydrogen-bond acceptors (Lipinski definition) is 5. The van der Waals surface area contributed by atoms with Crippen molar-refractivity contribution in [2.75, 3.05) is 13.2 Å². The Bertz CT molecular complexity index is 523. The smallest absolute Gasteiger partial charge is 0.311 e. The zero-order valence-electron chi connectivity index (χ0n) is 15.4. The van der Waals surface area contributed by atoms with E-state index >= 15 is 0 Å². The van der Waals surface area contributed by atoms with Crippen LogP contribution in [0.3, 0.4) is 0 Å². The molecule has 2 rings (SSSR count). The summed E-state index contributed by atoms with van der Waals surface area (Å²) in [7, 11) is 0. The minimum absolute atomic E-state index is 0.0748. The van der Waals surface area contributed by atoms with E-state index in [0.717, 1.165) is 18.4 Å². The molecule has 5 heteroatoms. The SMILES string of the molecule is CC(C)(C)C(=O)OCC[C@@H](O)CC[C@H]1CCO[C@@H](c2ccccc2)O1. The summed E-state index contributed by atoms with van der Waals surface area (Å²) >= 11 is 0. The van der Waals surface area contributed by atoms with Gasteiger partial charge in [0.2, 0.25) is 0 Å². The fourth-order valence-corrected chi connectivity index (χ4v) is 2.61. The summed E-state index contributed by atoms with van der Waals surface area (Å²) < 4.78 is 16.9. The Morgan fingerprint density at radius 2 is 2.00 bits per heavy atom. The summed E-state index contributed by atoms with van der Waals surface area (Å²) in [5.41, 5.74) is 0.509. The van der Waals surface area contributed by atoms with E-state index in [4.69, 9.17) is 14.2 Å². The number of rotatable bonds is 7. The molecule has 0 bridgehead atoms. The normalized spacial score (nSPS) is 22.4. The quantitative estimate of drug-likeness (QED) is 0.761. The maximum absolute atomic E-state index is 11.7. The van der Waals surface area contributed by atoms with Crippen LogP contribution in [0.2, 0.25) is 0 Å². The van der Waals surface area contributed by atoms with Crippen molar-refractivity contribution in [1.29, 1.82) is 0 Å². The van der Waals surface area contributed by atoms with Crippen LogP contribution in [0.25, 0.3) is 0 Å². The van der Waals surface area contributed by atoms with Crippen LogP contribution in [0.1, 0.15) is 58.3 Å². The van der Waals surface area contributed by atoms with Crippen molar-refractivity contribution >= 4 is 5.97 Å². The third kappa shape index (κ3) is 6.77. The van der Waals surface area contributed by atoms with E-state index in [-0.39, 0.29) is 25.0 Å². The van der Waals surface area contributed by atoms with E-state index in [0.29, 0.717) is 19.4 Å². The molecule has 1 saturated heterocycles. The molecule has 0 amide bonds. The van der Waals surface area contributed by atoms with Crippen molar-refractivity contribution in [3.05, 3.63) is 35.9 Å². The van der Waals surface area contributed by atoms with Gasteiger partial charge in [-0.05, 0) is 40.0 Å². The molecule has 1 aliphatic heterocycles. The Morgan fingerprint density at radius 1 is 1.28 bits per heavy atom. The molecule has 1 aromatic carbocycles. The first-order chi connectivity index (χ1) is 11.9. The number of aliphatic hydroxyl groups excluding tert-OH is 1. The lowest BCUT2D eigenvalue weighted by atomic mass is 9.97. The second kappa shape index (κ2) is 9.32. The molecule has 25 heavy (non-hydrogen) atoms. The van der Waals surface area contributed by atoms with Gasteiger partial charge in [-0.2, -0.15) is 0 Å². The second-order valence-electron chi connectivity index (χ2n) is 7.57. The number of carbonyl (C=O) groups excluding carboxylic acids is 1. The summed E-state index contributed by atoms with van der Waals surface area (Å²) in [4.78, 5) is 11.7. The number of ether oxygens (including phenoxy) is 3. The van der Waals surface area contributed by atoms with Crippen molar-refractivity contribution in [2.45, 2.75) is 65.0 Å². The second-order valence-corrected chi connectivity index (χ2v) is 7.57. The fraction of sp³-hybridized carbons (Fsp3) is 0.650. The Hall–Kier alpha value is -1.43. The number of hydrogen-bond donors (Lipinski definition) is 1. The molecule has 5 nitrogen and oxygen atoms in total. The Kier molecular flexibility index (Phi) is 7.41. The average molecular weight is 350 g/mol. The molecule has 0 spiro atoms. The Labute approximate surface area is 150 Å². The van der Waals surface area contributed by atoms with Crippen LogP contribution in [0.5, 0.6) is 0 Å². The lowest BCUT2D eigenvalue weighted by Crippen LogP contribution is -2.28. The van der Waals surface area contributed by atoms with Gasteiger partial charge < -0.3 is 19.3 Å². The first kappa shape index (κ1) is 19.9. The van der Waals surface area contributed by atoms with Gasteiger partial charge in [-0.3, -0.25) is 4.79 Å². The Balaban J connectivity index is 1.67. The van der Waals surface area contributed by atoms with Crippen molar-refractivity contribution < 1.29 is 24.1 Å². The van der Waals surface area contributed by atoms with Gasteiger partial charge in [0, 0.05) is 12.0 Å². The molecule has 1 fully saturated rings. The van der Waals surface area contributed by atoms with E-state index in [1.807, 2.05) is 51.1 Å². The summed E-state index contributed by atoms with van der Waals surface area (Å²) in [5, 5.41) is 10.1. The van der Waals surface area contributed by atoms with E-state index in [1.54, 1.807) is 0 Å². The highest BCUT2D eigenvalue weighted by Gasteiger charge is 2.25. The summed E-state index contributed by atoms with van der Waals surface area (Å²) in [5.74, 6) is -0.238. The van der Waals surface area contributed by atoms with Gasteiger partial charge in [0.1, 0.15) is 0 Å². The minimum atomic E-state index is -0.507. The number of carbonyl (C=O) groups is 1. The molecule has 1 N–H and O–H groups in total. The highest BCUT2D eigenvalue weighted by Crippen LogP contribution is 2.28. The molecule has 1 aromatic rings. The molecule has 0 aromatic heterocycles. The third-order valence-electron chi connectivity index (χ3n) is 4.22. The number of esters is 1. The molecular formula is C20H30O5. The highest BCUT2D eigenvalue weighted by atomic mass is 16.7. The fourth-order valence-electron chi connectivity index (χ4n) is 2.61. The molecule has 0 unspecified atom stereocenters. The van der Waals surface area contributed by atoms with Gasteiger partial charge in [-0.15, -0.1) is 0 Å². The standard InChI is InChI=1S/C20H30O5/c1-20(2,3)19(22)24-13-11-16(21)9-10-17-12-14-23-18(25-17)15-7-5-4-6-8-15/h4-8,16-18,21H,9-14H2,1-3H3/t16-,17-,18+/m0/s1. The zero-order chi connectivity index (χ0) is 18.3. The van der Waals surface area contributed by atoms with E-state index < -0.39 is 11.5 Å². The van der Waals surface area contributed by atoms with Crippen LogP contribution >= 0.6 is 0 Å². The molecule has 140 valence electrons. The van der Waals surface area contributed by atoms with Crippen molar-refractivity contribution in [1.82, 2.24) is 0 Å². The van der Waals surface area contributed by atoms with Crippen LogP contribution in [0.4, 0.5) is 0 Å². The maximum Gasteiger partial charge on any atom is 0.311 e. The van der Waals surface area contributed by atoms with Crippen molar-refractivity contribution in [3.8, 4) is 0 Å². The van der Waals surface area contributed by atoms with Gasteiger partial charge in [0.25, 0.3) is 0 Å². The molecule has 1 aliphatic rings. The first-order valence-corrected chi connectivity index (χ1v) is 9.03. The summed E-state index contributed by atoms with van der Waals surface area (Å²) in [6, 6.07) is 9.88. The molecule has 0 saturated carbocycles. The van der Waals surface area contributed by atoms with Gasteiger partial charge >= 0.3 is 5.97 Å². The number of aliphatic hydroxyl groups is 1. The first-order valence-electron chi connectivity index (χ1n) is 9.03. The van der Waals surface area contributed by atoms with Crippen molar-refractivity contribution in [2.24, 2.45) is 5.41 Å². The lowest BCUT2D eigenvalue weighted by Gasteiger charge is -2.31. The lowest BCUT2D eigenvalue weighted by molar-refractivity contribution is -0.219. The van der Waals surface area contributed by atoms with Crippen LogP contribution < -0.4 is 0 Å². The largest absolute Gasteiger partial charge is 0.465 e. The monoisotopic (exact) mass is 350 g/mol. The molecule has 3 atom stereocenters. The van der Waals surface area contributed by atoms with E-state index in [1.165, 1.54) is 0 Å². The van der Waals surface area contributed by atoms with Gasteiger partial charge in [0.05, 0.1) is 30.8 Å². The molecular weight excluding hydrogens is 320 g/mol. The molecule has 1 heterocycles. The minimum Gasteiger partial charge on any atom is -0.465 e. The van der Waals surface area contributed by atoms with Crippen LogP contribution in [-0.4, -0.2) is 36.5 Å². The number of benzene rings is 1.